The van der Waals surface area contributed by atoms with Gasteiger partial charge in [-0.1, -0.05) is 18.2 Å². The Balaban J connectivity index is 2.06. The molecule has 106 valence electrons. The number of hydrazone groups is 2. The molecule has 0 bridgehead atoms. The van der Waals surface area contributed by atoms with Crippen LogP contribution in [0.15, 0.2) is 40.5 Å². The number of carbonyl (C=O) groups is 2. The lowest BCUT2D eigenvalue weighted by Gasteiger charge is -2.12. The van der Waals surface area contributed by atoms with Gasteiger partial charge in [-0.3, -0.25) is 9.59 Å². The zero-order valence-electron chi connectivity index (χ0n) is 11.4. The molecule has 1 aliphatic rings. The summed E-state index contributed by atoms with van der Waals surface area (Å²) in [5.41, 5.74) is 3.45. The summed E-state index contributed by atoms with van der Waals surface area (Å²) < 4.78 is 0. The van der Waals surface area contributed by atoms with Gasteiger partial charge < -0.3 is 0 Å². The van der Waals surface area contributed by atoms with Crippen molar-refractivity contribution in [2.24, 2.45) is 16.1 Å². The van der Waals surface area contributed by atoms with Crippen LogP contribution in [0.4, 0.5) is 5.69 Å². The van der Waals surface area contributed by atoms with Crippen molar-refractivity contribution in [2.75, 3.05) is 5.01 Å². The lowest BCUT2D eigenvalue weighted by Crippen LogP contribution is -2.29. The molecule has 1 unspecified atom stereocenters. The molecule has 7 nitrogen and oxygen atoms in total. The molecule has 1 atom stereocenters. The molecule has 1 N–H and O–H groups in total. The lowest BCUT2D eigenvalue weighted by atomic mass is 10.1. The number of rotatable bonds is 4. The highest BCUT2D eigenvalue weighted by Gasteiger charge is 2.33. The molecule has 1 aromatic rings. The Morgan fingerprint density at radius 2 is 2.24 bits per heavy atom. The third kappa shape index (κ3) is 3.30. The fourth-order valence-electron chi connectivity index (χ4n) is 1.80. The van der Waals surface area contributed by atoms with Crippen LogP contribution in [0.3, 0.4) is 0 Å². The second-order valence-corrected chi connectivity index (χ2v) is 4.35. The molecule has 7 heteroatoms. The number of hydrogen-bond donors (Lipinski definition) is 1. The van der Waals surface area contributed by atoms with Crippen LogP contribution < -0.4 is 10.4 Å². The minimum absolute atomic E-state index is 0.239. The summed E-state index contributed by atoms with van der Waals surface area (Å²) in [6.07, 6.45) is 1.04. The molecule has 21 heavy (non-hydrogen) atoms. The second kappa shape index (κ2) is 6.43. The Morgan fingerprint density at radius 3 is 2.90 bits per heavy atom. The van der Waals surface area contributed by atoms with Crippen LogP contribution in [0, 0.1) is 17.2 Å². The van der Waals surface area contributed by atoms with Gasteiger partial charge in [0.15, 0.2) is 0 Å². The zero-order chi connectivity index (χ0) is 15.2. The summed E-state index contributed by atoms with van der Waals surface area (Å²) in [7, 11) is 0. The van der Waals surface area contributed by atoms with Gasteiger partial charge in [0.05, 0.1) is 17.5 Å². The average Bonchev–Trinajstić information content (AvgIpc) is 2.76. The number of benzene rings is 1. The largest absolute Gasteiger partial charge is 0.272 e. The predicted molar refractivity (Wildman–Crippen MR) is 77.4 cm³/mol. The quantitative estimate of drug-likeness (QED) is 0.660. The van der Waals surface area contributed by atoms with Crippen LogP contribution in [0.1, 0.15) is 13.3 Å². The van der Waals surface area contributed by atoms with E-state index in [0.29, 0.717) is 11.4 Å². The Morgan fingerprint density at radius 1 is 1.52 bits per heavy atom. The molecular weight excluding hydrogens is 270 g/mol. The molecule has 1 heterocycles. The minimum atomic E-state index is -0.618. The maximum Gasteiger partial charge on any atom is 0.261 e. The van der Waals surface area contributed by atoms with Crippen molar-refractivity contribution in [1.82, 2.24) is 5.43 Å². The first-order valence-electron chi connectivity index (χ1n) is 6.26. The van der Waals surface area contributed by atoms with Crippen molar-refractivity contribution < 1.29 is 9.59 Å². The van der Waals surface area contributed by atoms with Crippen LogP contribution in [0.25, 0.3) is 0 Å². The molecule has 2 rings (SSSR count). The number of nitrogens with zero attached hydrogens (tertiary/aromatic N) is 4. The highest BCUT2D eigenvalue weighted by molar-refractivity contribution is 6.23. The maximum atomic E-state index is 12.3. The van der Waals surface area contributed by atoms with Crippen LogP contribution in [0.2, 0.25) is 0 Å². The first-order valence-corrected chi connectivity index (χ1v) is 6.26. The van der Waals surface area contributed by atoms with E-state index >= 15 is 0 Å². The van der Waals surface area contributed by atoms with Gasteiger partial charge in [0.1, 0.15) is 12.3 Å². The van der Waals surface area contributed by atoms with Crippen molar-refractivity contribution in [2.45, 2.75) is 13.3 Å². The van der Waals surface area contributed by atoms with Crippen molar-refractivity contribution in [3.8, 4) is 6.07 Å². The first-order chi connectivity index (χ1) is 10.1. The maximum absolute atomic E-state index is 12.3. The van der Waals surface area contributed by atoms with Crippen LogP contribution >= 0.6 is 0 Å². The van der Waals surface area contributed by atoms with Crippen LogP contribution in [-0.2, 0) is 9.59 Å². The van der Waals surface area contributed by atoms with E-state index in [1.807, 2.05) is 18.2 Å². The van der Waals surface area contributed by atoms with E-state index in [9.17, 15) is 9.59 Å². The fourth-order valence-corrected chi connectivity index (χ4v) is 1.80. The number of carbonyl (C=O) groups excluding carboxylic acids is 2. The first kappa shape index (κ1) is 14.4. The second-order valence-electron chi connectivity index (χ2n) is 4.35. The summed E-state index contributed by atoms with van der Waals surface area (Å²) in [5.74, 6) is -1.38. The van der Waals surface area contributed by atoms with Gasteiger partial charge in [-0.2, -0.15) is 20.5 Å². The number of nitriles is 1. The Kier molecular flexibility index (Phi) is 4.41. The standard InChI is InChI=1S/C14H13N5O2/c1-10-12(9-16-17-13(20)7-8-15)14(21)19(18-10)11-5-3-2-4-6-11/h2-6,9,12H,7H2,1H3,(H,17,20)/b16-9+. The van der Waals surface area contributed by atoms with Crippen LogP contribution in [-0.4, -0.2) is 23.7 Å². The van der Waals surface area contributed by atoms with Gasteiger partial charge in [0, 0.05) is 6.21 Å². The average molecular weight is 283 g/mol. The third-order valence-electron chi connectivity index (χ3n) is 2.84. The summed E-state index contributed by atoms with van der Waals surface area (Å²) in [5, 5.41) is 17.6. The molecule has 0 radical (unpaired) electrons. The number of para-hydroxylation sites is 1. The van der Waals surface area contributed by atoms with Gasteiger partial charge >= 0.3 is 0 Å². The Bertz CT molecular complexity index is 645. The van der Waals surface area contributed by atoms with E-state index in [-0.39, 0.29) is 12.3 Å². The van der Waals surface area contributed by atoms with Crippen LogP contribution in [0.5, 0.6) is 0 Å². The summed E-state index contributed by atoms with van der Waals surface area (Å²) in [6.45, 7) is 1.72. The Labute approximate surface area is 121 Å². The molecule has 0 saturated heterocycles. The SMILES string of the molecule is CC1=NN(c2ccccc2)C(=O)C1/C=N/NC(=O)CC#N. The molecule has 2 amide bonds. The third-order valence-corrected chi connectivity index (χ3v) is 2.84. The predicted octanol–water partition coefficient (Wildman–Crippen LogP) is 1.04. The monoisotopic (exact) mass is 283 g/mol. The van der Waals surface area contributed by atoms with E-state index in [0.717, 1.165) is 0 Å². The number of nitrogens with one attached hydrogen (secondary N) is 1. The molecule has 0 aromatic heterocycles. The summed E-state index contributed by atoms with van der Waals surface area (Å²) in [4.78, 5) is 23.4. The van der Waals surface area contributed by atoms with E-state index in [4.69, 9.17) is 5.26 Å². The minimum Gasteiger partial charge on any atom is -0.272 e. The molecule has 1 aromatic carbocycles. The van der Waals surface area contributed by atoms with Gasteiger partial charge in [-0.25, -0.2) is 5.43 Å². The topological polar surface area (TPSA) is 97.9 Å². The molecule has 0 fully saturated rings. The zero-order valence-corrected chi connectivity index (χ0v) is 11.4. The van der Waals surface area contributed by atoms with Crippen molar-refractivity contribution >= 4 is 29.4 Å². The normalized spacial score (nSPS) is 17.7. The molecule has 0 spiro atoms. The van der Waals surface area contributed by atoms with E-state index in [1.54, 1.807) is 25.1 Å². The van der Waals surface area contributed by atoms with E-state index < -0.39 is 11.8 Å². The van der Waals surface area contributed by atoms with Gasteiger partial charge in [-0.15, -0.1) is 0 Å². The highest BCUT2D eigenvalue weighted by atomic mass is 16.2. The number of amides is 2. The van der Waals surface area contributed by atoms with Crippen molar-refractivity contribution in [3.05, 3.63) is 30.3 Å². The summed E-state index contributed by atoms with van der Waals surface area (Å²) in [6, 6.07) is 10.8. The smallest absolute Gasteiger partial charge is 0.261 e. The van der Waals surface area contributed by atoms with Gasteiger partial charge in [-0.05, 0) is 19.1 Å². The molecular formula is C14H13N5O2. The van der Waals surface area contributed by atoms with E-state index in [1.165, 1.54) is 11.2 Å². The molecule has 1 aliphatic heterocycles. The van der Waals surface area contributed by atoms with Gasteiger partial charge in [0.2, 0.25) is 0 Å². The van der Waals surface area contributed by atoms with E-state index in [2.05, 4.69) is 15.6 Å². The van der Waals surface area contributed by atoms with Crippen molar-refractivity contribution in [1.29, 1.82) is 5.26 Å². The van der Waals surface area contributed by atoms with Gasteiger partial charge in [0.25, 0.3) is 11.8 Å². The Hall–Kier alpha value is -3.01. The number of anilines is 1. The molecule has 0 aliphatic carbocycles. The fraction of sp³-hybridized carbons (Fsp3) is 0.214. The molecule has 0 saturated carbocycles. The lowest BCUT2D eigenvalue weighted by molar-refractivity contribution is -0.120. The van der Waals surface area contributed by atoms with Crippen molar-refractivity contribution in [3.63, 3.8) is 0 Å². The highest BCUT2D eigenvalue weighted by Crippen LogP contribution is 2.22. The summed E-state index contributed by atoms with van der Waals surface area (Å²) >= 11 is 0. The number of hydrogen-bond acceptors (Lipinski definition) is 5.